The fourth-order valence-electron chi connectivity index (χ4n) is 6.67. The second-order valence-corrected chi connectivity index (χ2v) is 11.2. The first-order valence-electron chi connectivity index (χ1n) is 13.5. The first-order valence-corrected chi connectivity index (χ1v) is 13.5. The zero-order chi connectivity index (χ0) is 24.8. The van der Waals surface area contributed by atoms with Crippen LogP contribution in [0.5, 0.6) is 0 Å². The zero-order valence-corrected chi connectivity index (χ0v) is 20.8. The van der Waals surface area contributed by atoms with E-state index in [2.05, 4.69) is 4.98 Å². The van der Waals surface area contributed by atoms with Gasteiger partial charge in [0, 0.05) is 37.0 Å². The molecule has 1 aromatic carbocycles. The third kappa shape index (κ3) is 4.24. The van der Waals surface area contributed by atoms with Crippen LogP contribution in [0.3, 0.4) is 0 Å². The van der Waals surface area contributed by atoms with Crippen molar-refractivity contribution in [2.45, 2.75) is 69.1 Å². The molecule has 1 spiro atoms. The van der Waals surface area contributed by atoms with Crippen molar-refractivity contribution >= 4 is 6.03 Å². The predicted molar refractivity (Wildman–Crippen MR) is 135 cm³/mol. The maximum Gasteiger partial charge on any atom is 0.320 e. The van der Waals surface area contributed by atoms with Gasteiger partial charge in [-0.25, -0.2) is 9.78 Å². The van der Waals surface area contributed by atoms with E-state index >= 15 is 0 Å². The van der Waals surface area contributed by atoms with Crippen molar-refractivity contribution in [3.8, 4) is 0 Å². The summed E-state index contributed by atoms with van der Waals surface area (Å²) in [4.78, 5) is 35.1. The van der Waals surface area contributed by atoms with Crippen molar-refractivity contribution in [2.24, 2.45) is 5.41 Å². The number of rotatable bonds is 4. The molecule has 2 amide bonds. The Balaban J connectivity index is 1.22. The van der Waals surface area contributed by atoms with E-state index in [0.29, 0.717) is 45.2 Å². The smallest absolute Gasteiger partial charge is 0.320 e. The molecule has 3 heterocycles. The average molecular weight is 493 g/mol. The Hall–Kier alpha value is -2.71. The summed E-state index contributed by atoms with van der Waals surface area (Å²) in [6, 6.07) is 11.6. The van der Waals surface area contributed by atoms with Crippen LogP contribution in [0.1, 0.15) is 68.2 Å². The highest BCUT2D eigenvalue weighted by atomic mass is 16.5. The summed E-state index contributed by atoms with van der Waals surface area (Å²) in [7, 11) is 0. The topological polar surface area (TPSA) is 87.9 Å². The second kappa shape index (κ2) is 9.30. The van der Waals surface area contributed by atoms with Gasteiger partial charge >= 0.3 is 6.03 Å². The number of carbonyl (C=O) groups is 1. The van der Waals surface area contributed by atoms with E-state index in [4.69, 9.17) is 4.74 Å². The van der Waals surface area contributed by atoms with E-state index in [-0.39, 0.29) is 24.2 Å². The number of carbonyl (C=O) groups excluding carboxylic acids is 1. The summed E-state index contributed by atoms with van der Waals surface area (Å²) in [5, 5.41) is 12.1. The summed E-state index contributed by atoms with van der Waals surface area (Å²) in [5.41, 5.74) is 0.403. The molecule has 2 aliphatic carbocycles. The number of benzene rings is 1. The maximum absolute atomic E-state index is 13.9. The number of nitrogens with zero attached hydrogens (tertiary/aromatic N) is 4. The molecule has 192 valence electrons. The molecule has 6 rings (SSSR count). The summed E-state index contributed by atoms with van der Waals surface area (Å²) < 4.78 is 7.32. The van der Waals surface area contributed by atoms with Crippen molar-refractivity contribution in [1.29, 1.82) is 0 Å². The first-order chi connectivity index (χ1) is 17.5. The molecule has 0 bridgehead atoms. The molecule has 2 saturated heterocycles. The minimum atomic E-state index is -1.04. The molecule has 2 atom stereocenters. The third-order valence-electron chi connectivity index (χ3n) is 8.99. The third-order valence-corrected chi connectivity index (χ3v) is 8.99. The van der Waals surface area contributed by atoms with Crippen molar-refractivity contribution in [3.05, 3.63) is 64.3 Å². The molecule has 0 radical (unpaired) electrons. The van der Waals surface area contributed by atoms with Crippen LogP contribution in [0.2, 0.25) is 0 Å². The minimum Gasteiger partial charge on any atom is -0.387 e. The molecule has 2 aromatic rings. The van der Waals surface area contributed by atoms with Crippen LogP contribution in [0.15, 0.2) is 47.5 Å². The Labute approximate surface area is 211 Å². The largest absolute Gasteiger partial charge is 0.387 e. The average Bonchev–Trinajstić information content (AvgIpc) is 3.65. The molecule has 36 heavy (non-hydrogen) atoms. The van der Waals surface area contributed by atoms with Gasteiger partial charge in [0.25, 0.3) is 5.56 Å². The normalized spacial score (nSPS) is 28.0. The lowest BCUT2D eigenvalue weighted by atomic mass is 9.66. The van der Waals surface area contributed by atoms with Crippen LogP contribution in [0, 0.1) is 5.41 Å². The van der Waals surface area contributed by atoms with Crippen molar-refractivity contribution in [1.82, 2.24) is 19.4 Å². The Bertz CT molecular complexity index is 1160. The van der Waals surface area contributed by atoms with Gasteiger partial charge in [-0.15, -0.1) is 0 Å². The van der Waals surface area contributed by atoms with Crippen LogP contribution in [-0.4, -0.2) is 68.9 Å². The standard InChI is InChI=1S/C28H36N4O4/c33-25-16-23(21-8-9-21)29-20-31(25)19-28(35)12-13-30(18-27(28)10-4-5-11-27)26(34)32-14-15-36-17-24(32)22-6-2-1-3-7-22/h1-3,6-7,16,20-21,24,35H,4-5,8-15,17-19H2/t24-,28+/m0/s1. The predicted octanol–water partition coefficient (Wildman–Crippen LogP) is 3.31. The summed E-state index contributed by atoms with van der Waals surface area (Å²) >= 11 is 0. The first kappa shape index (κ1) is 23.7. The Morgan fingerprint density at radius 3 is 2.61 bits per heavy atom. The van der Waals surface area contributed by atoms with Gasteiger partial charge in [0.05, 0.1) is 43.4 Å². The molecule has 0 unspecified atom stereocenters. The van der Waals surface area contributed by atoms with E-state index in [1.54, 1.807) is 17.0 Å². The quantitative estimate of drug-likeness (QED) is 0.708. The highest BCUT2D eigenvalue weighted by molar-refractivity contribution is 5.75. The van der Waals surface area contributed by atoms with E-state index in [1.165, 1.54) is 0 Å². The fourth-order valence-corrected chi connectivity index (χ4v) is 6.67. The molecule has 8 heteroatoms. The van der Waals surface area contributed by atoms with E-state index in [9.17, 15) is 14.7 Å². The van der Waals surface area contributed by atoms with Gasteiger partial charge in [-0.2, -0.15) is 0 Å². The van der Waals surface area contributed by atoms with Crippen LogP contribution < -0.4 is 5.56 Å². The number of ether oxygens (including phenoxy) is 1. The van der Waals surface area contributed by atoms with Crippen LogP contribution in [0.25, 0.3) is 0 Å². The number of likely N-dealkylation sites (tertiary alicyclic amines) is 1. The number of hydrogen-bond donors (Lipinski definition) is 1. The Morgan fingerprint density at radius 2 is 1.89 bits per heavy atom. The van der Waals surface area contributed by atoms with Crippen molar-refractivity contribution in [3.63, 3.8) is 0 Å². The molecule has 1 aromatic heterocycles. The lowest BCUT2D eigenvalue weighted by Crippen LogP contribution is -2.64. The highest BCUT2D eigenvalue weighted by Crippen LogP contribution is 2.52. The molecule has 8 nitrogen and oxygen atoms in total. The lowest BCUT2D eigenvalue weighted by Gasteiger charge is -2.53. The van der Waals surface area contributed by atoms with Gasteiger partial charge in [0.1, 0.15) is 0 Å². The zero-order valence-electron chi connectivity index (χ0n) is 20.8. The molecular weight excluding hydrogens is 456 g/mol. The van der Waals surface area contributed by atoms with Gasteiger partial charge in [-0.1, -0.05) is 43.2 Å². The van der Waals surface area contributed by atoms with E-state index in [1.807, 2.05) is 40.1 Å². The number of morpholine rings is 1. The van der Waals surface area contributed by atoms with Crippen LogP contribution in [-0.2, 0) is 11.3 Å². The minimum absolute atomic E-state index is 0.0214. The van der Waals surface area contributed by atoms with Gasteiger partial charge in [0.2, 0.25) is 0 Å². The van der Waals surface area contributed by atoms with Gasteiger partial charge < -0.3 is 19.6 Å². The number of piperidine rings is 1. The van der Waals surface area contributed by atoms with E-state index < -0.39 is 11.0 Å². The number of amides is 2. The second-order valence-electron chi connectivity index (χ2n) is 11.2. The monoisotopic (exact) mass is 492 g/mol. The Morgan fingerprint density at radius 1 is 1.11 bits per heavy atom. The van der Waals surface area contributed by atoms with Gasteiger partial charge in [-0.05, 0) is 37.7 Å². The number of hydrogen-bond acceptors (Lipinski definition) is 5. The molecule has 2 saturated carbocycles. The lowest BCUT2D eigenvalue weighted by molar-refractivity contribution is -0.137. The maximum atomic E-state index is 13.9. The summed E-state index contributed by atoms with van der Waals surface area (Å²) in [5.74, 6) is 0.422. The van der Waals surface area contributed by atoms with Crippen LogP contribution in [0.4, 0.5) is 4.79 Å². The fraction of sp³-hybridized carbons (Fsp3) is 0.607. The SMILES string of the molecule is O=C(N1CC[C@@](O)(Cn2cnc(C3CC3)cc2=O)C2(CCCC2)C1)N1CCOC[C@H]1c1ccccc1. The number of urea groups is 1. The molecule has 1 N–H and O–H groups in total. The molecule has 4 fully saturated rings. The van der Waals surface area contributed by atoms with Gasteiger partial charge in [0.15, 0.2) is 0 Å². The molecule has 4 aliphatic rings. The highest BCUT2D eigenvalue weighted by Gasteiger charge is 2.56. The number of aliphatic hydroxyl groups is 1. The van der Waals surface area contributed by atoms with Crippen molar-refractivity contribution < 1.29 is 14.6 Å². The molecular formula is C28H36N4O4. The Kier molecular flexibility index (Phi) is 6.12. The molecule has 2 aliphatic heterocycles. The van der Waals surface area contributed by atoms with E-state index in [0.717, 1.165) is 49.8 Å². The van der Waals surface area contributed by atoms with Crippen LogP contribution >= 0.6 is 0 Å². The summed E-state index contributed by atoms with van der Waals surface area (Å²) in [6.07, 6.45) is 8.05. The number of aromatic nitrogens is 2. The van der Waals surface area contributed by atoms with Gasteiger partial charge in [-0.3, -0.25) is 9.36 Å². The summed E-state index contributed by atoms with van der Waals surface area (Å²) in [6.45, 7) is 2.80. The van der Waals surface area contributed by atoms with Crippen molar-refractivity contribution in [2.75, 3.05) is 32.8 Å².